The Labute approximate surface area is 159 Å². The highest BCUT2D eigenvalue weighted by atomic mass is 19.1. The summed E-state index contributed by atoms with van der Waals surface area (Å²) in [6.07, 6.45) is 0. The van der Waals surface area contributed by atoms with Gasteiger partial charge in [0.1, 0.15) is 23.4 Å². The molecule has 1 aromatic heterocycles. The molecule has 3 rings (SSSR count). The van der Waals surface area contributed by atoms with E-state index in [-0.39, 0.29) is 11.4 Å². The maximum atomic E-state index is 13.3. The number of nitrogens with one attached hydrogen (secondary N) is 1. The third-order valence-electron chi connectivity index (χ3n) is 4.21. The molecule has 2 aromatic carbocycles. The third kappa shape index (κ3) is 4.06. The number of hydrogen-bond donors (Lipinski definition) is 2. The molecule has 0 radical (unpaired) electrons. The second kappa shape index (κ2) is 7.59. The van der Waals surface area contributed by atoms with Gasteiger partial charge in [-0.1, -0.05) is 12.1 Å². The highest BCUT2D eigenvalue weighted by molar-refractivity contribution is 5.93. The van der Waals surface area contributed by atoms with Crippen LogP contribution in [0.2, 0.25) is 0 Å². The summed E-state index contributed by atoms with van der Waals surface area (Å²) in [6.45, 7) is 3.19. The lowest BCUT2D eigenvalue weighted by Gasteiger charge is -2.15. The molecule has 1 unspecified atom stereocenters. The van der Waals surface area contributed by atoms with Crippen LogP contribution in [0.1, 0.15) is 18.5 Å². The fraction of sp³-hybridized carbons (Fsp3) is 0.150. The molecule has 6 nitrogen and oxygen atoms in total. The predicted molar refractivity (Wildman–Crippen MR) is 100 cm³/mol. The van der Waals surface area contributed by atoms with Crippen molar-refractivity contribution in [2.24, 2.45) is 0 Å². The molecule has 2 N–H and O–H groups in total. The number of hydrogen-bond acceptors (Lipinski definition) is 4. The zero-order valence-electron chi connectivity index (χ0n) is 15.1. The fourth-order valence-corrected chi connectivity index (χ4v) is 2.61. The number of aromatic hydroxyl groups is 1. The number of rotatable bonds is 4. The van der Waals surface area contributed by atoms with Crippen molar-refractivity contribution in [3.05, 3.63) is 76.1 Å². The Kier molecular flexibility index (Phi) is 5.21. The number of nitrogens with zero attached hydrogens (tertiary/aromatic N) is 2. The Balaban J connectivity index is 1.90. The van der Waals surface area contributed by atoms with Gasteiger partial charge in [-0.2, -0.15) is 5.10 Å². The van der Waals surface area contributed by atoms with E-state index in [1.807, 2.05) is 0 Å². The van der Waals surface area contributed by atoms with Crippen LogP contribution in [0.4, 0.5) is 14.5 Å². The molecule has 1 atom stereocenters. The number of phenols is 1. The molecule has 144 valence electrons. The van der Waals surface area contributed by atoms with Crippen molar-refractivity contribution in [1.29, 1.82) is 0 Å². The summed E-state index contributed by atoms with van der Waals surface area (Å²) in [7, 11) is 0. The summed E-state index contributed by atoms with van der Waals surface area (Å²) in [5.41, 5.74) is 1.05. The predicted octanol–water partition coefficient (Wildman–Crippen LogP) is 3.40. The molecule has 0 aliphatic carbocycles. The van der Waals surface area contributed by atoms with Gasteiger partial charge in [0, 0.05) is 23.4 Å². The molecule has 0 bridgehead atoms. The average molecular weight is 385 g/mol. The van der Waals surface area contributed by atoms with E-state index >= 15 is 0 Å². The number of phenolic OH excluding ortho intramolecular Hbond substituents is 1. The molecule has 0 aliphatic rings. The van der Waals surface area contributed by atoms with Gasteiger partial charge in [0.15, 0.2) is 0 Å². The van der Waals surface area contributed by atoms with Crippen LogP contribution < -0.4 is 10.9 Å². The molecule has 1 amide bonds. The van der Waals surface area contributed by atoms with Gasteiger partial charge in [0.2, 0.25) is 5.91 Å². The van der Waals surface area contributed by atoms with Crippen molar-refractivity contribution in [1.82, 2.24) is 9.78 Å². The van der Waals surface area contributed by atoms with Crippen molar-refractivity contribution >= 4 is 11.6 Å². The smallest absolute Gasteiger partial charge is 0.267 e. The zero-order valence-corrected chi connectivity index (χ0v) is 15.1. The summed E-state index contributed by atoms with van der Waals surface area (Å²) in [5.74, 6) is -2.25. The Bertz CT molecular complexity index is 1090. The Morgan fingerprint density at radius 2 is 1.79 bits per heavy atom. The van der Waals surface area contributed by atoms with Gasteiger partial charge >= 0.3 is 0 Å². The summed E-state index contributed by atoms with van der Waals surface area (Å²) in [5, 5.41) is 16.4. The molecule has 28 heavy (non-hydrogen) atoms. The lowest BCUT2D eigenvalue weighted by Crippen LogP contribution is -2.33. The van der Waals surface area contributed by atoms with Crippen molar-refractivity contribution in [3.63, 3.8) is 0 Å². The van der Waals surface area contributed by atoms with Gasteiger partial charge in [-0.05, 0) is 43.7 Å². The number of amides is 1. The third-order valence-corrected chi connectivity index (χ3v) is 4.21. The van der Waals surface area contributed by atoms with E-state index in [1.54, 1.807) is 19.1 Å². The molecule has 8 heteroatoms. The Morgan fingerprint density at radius 3 is 2.43 bits per heavy atom. The summed E-state index contributed by atoms with van der Waals surface area (Å²) in [6, 6.07) is 9.25. The van der Waals surface area contributed by atoms with Crippen LogP contribution in [0.15, 0.2) is 53.3 Å². The van der Waals surface area contributed by atoms with Gasteiger partial charge in [0.25, 0.3) is 5.56 Å². The van der Waals surface area contributed by atoms with E-state index in [9.17, 15) is 23.5 Å². The second-order valence-corrected chi connectivity index (χ2v) is 6.33. The van der Waals surface area contributed by atoms with E-state index in [2.05, 4.69) is 10.4 Å². The van der Waals surface area contributed by atoms with Crippen LogP contribution in [-0.4, -0.2) is 20.8 Å². The van der Waals surface area contributed by atoms with E-state index in [1.165, 1.54) is 25.1 Å². The van der Waals surface area contributed by atoms with Crippen LogP contribution in [-0.2, 0) is 4.79 Å². The minimum atomic E-state index is -1.04. The van der Waals surface area contributed by atoms with Gasteiger partial charge in [-0.25, -0.2) is 13.5 Å². The van der Waals surface area contributed by atoms with E-state index in [4.69, 9.17) is 0 Å². The fourth-order valence-electron chi connectivity index (χ4n) is 2.61. The summed E-state index contributed by atoms with van der Waals surface area (Å²) < 4.78 is 27.5. The van der Waals surface area contributed by atoms with Gasteiger partial charge in [-0.3, -0.25) is 9.59 Å². The standard InChI is InChI=1S/C20H17F2N3O3/c1-11-3-4-13(7-18(11)26)17-5-6-19(27)25(24-17)12(2)20(28)23-16-9-14(21)8-15(22)10-16/h3-10,12,26H,1-2H3,(H,23,28). The number of carbonyl (C=O) groups is 1. The van der Waals surface area contributed by atoms with Gasteiger partial charge in [-0.15, -0.1) is 0 Å². The molecular formula is C20H17F2N3O3. The van der Waals surface area contributed by atoms with E-state index in [0.29, 0.717) is 22.9 Å². The van der Waals surface area contributed by atoms with Crippen LogP contribution in [0.5, 0.6) is 5.75 Å². The molecule has 1 heterocycles. The highest BCUT2D eigenvalue weighted by Crippen LogP contribution is 2.24. The first-order chi connectivity index (χ1) is 13.2. The maximum Gasteiger partial charge on any atom is 0.267 e. The second-order valence-electron chi connectivity index (χ2n) is 6.33. The number of aromatic nitrogens is 2. The van der Waals surface area contributed by atoms with Crippen LogP contribution in [0, 0.1) is 18.6 Å². The quantitative estimate of drug-likeness (QED) is 0.721. The Morgan fingerprint density at radius 1 is 1.11 bits per heavy atom. The number of aryl methyl sites for hydroxylation is 1. The highest BCUT2D eigenvalue weighted by Gasteiger charge is 2.19. The van der Waals surface area contributed by atoms with Crippen LogP contribution >= 0.6 is 0 Å². The number of carbonyl (C=O) groups excluding carboxylic acids is 1. The molecule has 0 aliphatic heterocycles. The largest absolute Gasteiger partial charge is 0.508 e. The molecule has 0 spiro atoms. The van der Waals surface area contributed by atoms with Gasteiger partial charge in [0.05, 0.1) is 5.69 Å². The lowest BCUT2D eigenvalue weighted by molar-refractivity contribution is -0.119. The van der Waals surface area contributed by atoms with E-state index in [0.717, 1.165) is 16.8 Å². The van der Waals surface area contributed by atoms with Gasteiger partial charge < -0.3 is 10.4 Å². The molecule has 0 saturated carbocycles. The number of benzene rings is 2. The summed E-state index contributed by atoms with van der Waals surface area (Å²) in [4.78, 5) is 24.6. The SMILES string of the molecule is Cc1ccc(-c2ccc(=O)n(C(C)C(=O)Nc3cc(F)cc(F)c3)n2)cc1O. The van der Waals surface area contributed by atoms with Crippen LogP contribution in [0.3, 0.4) is 0 Å². The van der Waals surface area contributed by atoms with Crippen LogP contribution in [0.25, 0.3) is 11.3 Å². The topological polar surface area (TPSA) is 84.2 Å². The van der Waals surface area contributed by atoms with Crippen molar-refractivity contribution < 1.29 is 18.7 Å². The van der Waals surface area contributed by atoms with E-state index < -0.39 is 29.1 Å². The number of anilines is 1. The lowest BCUT2D eigenvalue weighted by atomic mass is 10.1. The first-order valence-electron chi connectivity index (χ1n) is 8.41. The maximum absolute atomic E-state index is 13.3. The summed E-state index contributed by atoms with van der Waals surface area (Å²) >= 11 is 0. The monoisotopic (exact) mass is 385 g/mol. The van der Waals surface area contributed by atoms with Crippen molar-refractivity contribution in [3.8, 4) is 17.0 Å². The Hall–Kier alpha value is -3.55. The molecular weight excluding hydrogens is 368 g/mol. The first-order valence-corrected chi connectivity index (χ1v) is 8.41. The molecule has 3 aromatic rings. The average Bonchev–Trinajstić information content (AvgIpc) is 2.63. The molecule has 0 fully saturated rings. The minimum Gasteiger partial charge on any atom is -0.508 e. The van der Waals surface area contributed by atoms with Crippen molar-refractivity contribution in [2.45, 2.75) is 19.9 Å². The first kappa shape index (κ1) is 19.2. The zero-order chi connectivity index (χ0) is 20.4. The van der Waals surface area contributed by atoms with Crippen molar-refractivity contribution in [2.75, 3.05) is 5.32 Å². The normalized spacial score (nSPS) is 11.9. The molecule has 0 saturated heterocycles. The minimum absolute atomic E-state index is 0.0676. The number of halogens is 2.